The maximum Gasteiger partial charge on any atom is 0.108 e. The standard InChI is InChI=1S/C40H28N4/c1-5-13-37-31(9-1)32-10-2-6-14-38(32)43(37)29-21-17-27(18-22-29)35-25-36(42-26-41-35)28-19-23-30(24-20-28)44-39-15-7-3-11-33(39)34-12-4-8-16-40(34)44/h1-25,41H,26H2. The summed E-state index contributed by atoms with van der Waals surface area (Å²) >= 11 is 0. The summed E-state index contributed by atoms with van der Waals surface area (Å²) in [5, 5.41) is 8.57. The highest BCUT2D eigenvalue weighted by atomic mass is 15.0. The Kier molecular flexibility index (Phi) is 5.53. The third kappa shape index (κ3) is 3.81. The van der Waals surface area contributed by atoms with Crippen LogP contribution in [-0.4, -0.2) is 21.5 Å². The van der Waals surface area contributed by atoms with Crippen LogP contribution in [-0.2, 0) is 0 Å². The Morgan fingerprint density at radius 2 is 0.818 bits per heavy atom. The van der Waals surface area contributed by atoms with Crippen molar-refractivity contribution in [1.82, 2.24) is 14.5 Å². The van der Waals surface area contributed by atoms with Gasteiger partial charge in [-0.05, 0) is 65.7 Å². The second kappa shape index (κ2) is 9.85. The fourth-order valence-electron chi connectivity index (χ4n) is 6.78. The smallest absolute Gasteiger partial charge is 0.108 e. The zero-order chi connectivity index (χ0) is 29.0. The number of para-hydroxylation sites is 4. The van der Waals surface area contributed by atoms with Crippen molar-refractivity contribution in [1.29, 1.82) is 0 Å². The lowest BCUT2D eigenvalue weighted by molar-refractivity contribution is 0.893. The van der Waals surface area contributed by atoms with Crippen molar-refractivity contribution in [2.24, 2.45) is 4.99 Å². The topological polar surface area (TPSA) is 34.2 Å². The normalized spacial score (nSPS) is 13.4. The first kappa shape index (κ1) is 24.7. The van der Waals surface area contributed by atoms with Crippen LogP contribution in [0.2, 0.25) is 0 Å². The van der Waals surface area contributed by atoms with E-state index in [0.717, 1.165) is 33.9 Å². The number of hydrogen-bond acceptors (Lipinski definition) is 2. The number of benzene rings is 6. The number of rotatable bonds is 4. The summed E-state index contributed by atoms with van der Waals surface area (Å²) < 4.78 is 4.70. The number of hydrogen-bond donors (Lipinski definition) is 1. The van der Waals surface area contributed by atoms with Gasteiger partial charge in [0.2, 0.25) is 0 Å². The van der Waals surface area contributed by atoms with E-state index in [1.54, 1.807) is 0 Å². The molecule has 208 valence electrons. The van der Waals surface area contributed by atoms with Crippen molar-refractivity contribution in [3.8, 4) is 11.4 Å². The Hall–Kier alpha value is -5.87. The largest absolute Gasteiger partial charge is 0.366 e. The average Bonchev–Trinajstić information content (AvgIpc) is 3.62. The van der Waals surface area contributed by atoms with Crippen molar-refractivity contribution in [3.05, 3.63) is 163 Å². The van der Waals surface area contributed by atoms with Crippen LogP contribution in [0.25, 0.3) is 60.7 Å². The molecular formula is C40H28N4. The van der Waals surface area contributed by atoms with Crippen LogP contribution in [0.1, 0.15) is 11.1 Å². The molecule has 6 aromatic carbocycles. The zero-order valence-electron chi connectivity index (χ0n) is 24.0. The number of nitrogens with zero attached hydrogens (tertiary/aromatic N) is 3. The van der Waals surface area contributed by atoms with Gasteiger partial charge in [0, 0.05) is 38.6 Å². The van der Waals surface area contributed by atoms with Crippen LogP contribution < -0.4 is 5.32 Å². The molecule has 0 saturated heterocycles. The Bertz CT molecular complexity index is 2310. The first-order valence-corrected chi connectivity index (χ1v) is 15.0. The van der Waals surface area contributed by atoms with Crippen LogP contribution in [0, 0.1) is 0 Å². The van der Waals surface area contributed by atoms with E-state index in [-0.39, 0.29) is 0 Å². The summed E-state index contributed by atoms with van der Waals surface area (Å²) in [6.45, 7) is 0.546. The summed E-state index contributed by atoms with van der Waals surface area (Å²) in [5.41, 5.74) is 11.5. The van der Waals surface area contributed by atoms with E-state index in [9.17, 15) is 0 Å². The molecule has 0 atom stereocenters. The molecule has 0 saturated carbocycles. The number of allylic oxidation sites excluding steroid dienone is 1. The van der Waals surface area contributed by atoms with Crippen LogP contribution in [0.3, 0.4) is 0 Å². The number of aromatic nitrogens is 2. The zero-order valence-corrected chi connectivity index (χ0v) is 24.0. The summed E-state index contributed by atoms with van der Waals surface area (Å²) in [5.74, 6) is 0. The van der Waals surface area contributed by atoms with E-state index in [4.69, 9.17) is 4.99 Å². The molecule has 44 heavy (non-hydrogen) atoms. The predicted octanol–water partition coefficient (Wildman–Crippen LogP) is 9.27. The molecule has 3 heterocycles. The van der Waals surface area contributed by atoms with E-state index in [1.165, 1.54) is 43.6 Å². The summed E-state index contributed by atoms with van der Waals surface area (Å²) in [6.07, 6.45) is 2.16. The molecule has 1 N–H and O–H groups in total. The van der Waals surface area contributed by atoms with Crippen molar-refractivity contribution in [3.63, 3.8) is 0 Å². The SMILES string of the molecule is C1=C(c2ccc(-n3c4ccccc4c4ccccc43)cc2)NCN=C1c1ccc(-n2c3ccccc3c3ccccc32)cc1. The number of aliphatic imine (C=N–C) groups is 1. The lowest BCUT2D eigenvalue weighted by Crippen LogP contribution is -2.20. The molecule has 0 spiro atoms. The predicted molar refractivity (Wildman–Crippen MR) is 184 cm³/mol. The van der Waals surface area contributed by atoms with Gasteiger partial charge in [-0.2, -0.15) is 0 Å². The van der Waals surface area contributed by atoms with Crippen molar-refractivity contribution in [2.75, 3.05) is 6.67 Å². The van der Waals surface area contributed by atoms with Crippen LogP contribution >= 0.6 is 0 Å². The van der Waals surface area contributed by atoms with E-state index < -0.39 is 0 Å². The number of fused-ring (bicyclic) bond motifs is 6. The summed E-state index contributed by atoms with van der Waals surface area (Å²) in [4.78, 5) is 4.81. The molecule has 0 unspecified atom stereocenters. The molecule has 9 rings (SSSR count). The lowest BCUT2D eigenvalue weighted by Gasteiger charge is -2.17. The van der Waals surface area contributed by atoms with Crippen molar-refractivity contribution < 1.29 is 0 Å². The summed E-state index contributed by atoms with van der Waals surface area (Å²) in [7, 11) is 0. The van der Waals surface area contributed by atoms with Gasteiger partial charge in [-0.15, -0.1) is 0 Å². The van der Waals surface area contributed by atoms with Gasteiger partial charge in [0.25, 0.3) is 0 Å². The van der Waals surface area contributed by atoms with Gasteiger partial charge in [-0.1, -0.05) is 97.1 Å². The number of nitrogens with one attached hydrogen (secondary N) is 1. The van der Waals surface area contributed by atoms with Gasteiger partial charge >= 0.3 is 0 Å². The molecule has 2 aromatic heterocycles. The Balaban J connectivity index is 1.04. The van der Waals surface area contributed by atoms with E-state index in [0.29, 0.717) is 6.67 Å². The quantitative estimate of drug-likeness (QED) is 0.227. The summed E-state index contributed by atoms with van der Waals surface area (Å²) in [6, 6.07) is 52.1. The minimum atomic E-state index is 0.546. The van der Waals surface area contributed by atoms with Crippen molar-refractivity contribution in [2.45, 2.75) is 0 Å². The molecule has 1 aliphatic heterocycles. The van der Waals surface area contributed by atoms with E-state index in [2.05, 4.69) is 166 Å². The maximum atomic E-state index is 4.81. The van der Waals surface area contributed by atoms with Gasteiger partial charge in [0.05, 0.1) is 27.8 Å². The fraction of sp³-hybridized carbons (Fsp3) is 0.0250. The van der Waals surface area contributed by atoms with Crippen LogP contribution in [0.15, 0.2) is 157 Å². The molecule has 1 aliphatic rings. The molecular weight excluding hydrogens is 536 g/mol. The minimum absolute atomic E-state index is 0.546. The average molecular weight is 565 g/mol. The van der Waals surface area contributed by atoms with Gasteiger partial charge in [0.15, 0.2) is 0 Å². The van der Waals surface area contributed by atoms with E-state index >= 15 is 0 Å². The van der Waals surface area contributed by atoms with Gasteiger partial charge in [-0.3, -0.25) is 4.99 Å². The first-order valence-electron chi connectivity index (χ1n) is 15.0. The Morgan fingerprint density at radius 1 is 0.432 bits per heavy atom. The Labute approximate surface area is 254 Å². The fourth-order valence-corrected chi connectivity index (χ4v) is 6.78. The molecule has 0 fully saturated rings. The molecule has 0 aliphatic carbocycles. The van der Waals surface area contributed by atoms with Gasteiger partial charge in [0.1, 0.15) is 6.67 Å². The van der Waals surface area contributed by atoms with Crippen LogP contribution in [0.4, 0.5) is 0 Å². The molecule has 8 aromatic rings. The second-order valence-electron chi connectivity index (χ2n) is 11.3. The molecule has 4 heteroatoms. The molecule has 0 bridgehead atoms. The highest BCUT2D eigenvalue weighted by Crippen LogP contribution is 2.33. The monoisotopic (exact) mass is 564 g/mol. The maximum absolute atomic E-state index is 4.81. The highest BCUT2D eigenvalue weighted by molar-refractivity contribution is 6.13. The highest BCUT2D eigenvalue weighted by Gasteiger charge is 2.15. The van der Waals surface area contributed by atoms with Crippen LogP contribution in [0.5, 0.6) is 0 Å². The lowest BCUT2D eigenvalue weighted by atomic mass is 10.0. The first-order chi connectivity index (χ1) is 21.8. The van der Waals surface area contributed by atoms with Gasteiger partial charge in [-0.25, -0.2) is 0 Å². The third-order valence-corrected chi connectivity index (χ3v) is 8.82. The minimum Gasteiger partial charge on any atom is -0.366 e. The molecule has 4 nitrogen and oxygen atoms in total. The molecule has 0 radical (unpaired) electrons. The third-order valence-electron chi connectivity index (χ3n) is 8.82. The molecule has 0 amide bonds. The Morgan fingerprint density at radius 3 is 1.25 bits per heavy atom. The van der Waals surface area contributed by atoms with E-state index in [1.807, 2.05) is 0 Å². The van der Waals surface area contributed by atoms with Crippen molar-refractivity contribution >= 4 is 55.0 Å². The van der Waals surface area contributed by atoms with Gasteiger partial charge < -0.3 is 14.5 Å². The second-order valence-corrected chi connectivity index (χ2v) is 11.3.